The van der Waals surface area contributed by atoms with E-state index in [1.165, 1.54) is 3.57 Å². The van der Waals surface area contributed by atoms with Crippen LogP contribution in [0.15, 0.2) is 24.3 Å². The van der Waals surface area contributed by atoms with E-state index in [4.69, 9.17) is 9.47 Å². The van der Waals surface area contributed by atoms with E-state index in [0.29, 0.717) is 19.8 Å². The molecule has 18 heavy (non-hydrogen) atoms. The number of halogens is 1. The average molecular weight is 360 g/mol. The monoisotopic (exact) mass is 360 g/mol. The number of ether oxygens (including phenoxy) is 2. The van der Waals surface area contributed by atoms with Crippen LogP contribution in [0.2, 0.25) is 0 Å². The van der Waals surface area contributed by atoms with Gasteiger partial charge in [-0.05, 0) is 53.6 Å². The third kappa shape index (κ3) is 3.23. The molecule has 0 bridgehead atoms. The van der Waals surface area contributed by atoms with Crippen LogP contribution in [0.3, 0.4) is 0 Å². The molecule has 4 heteroatoms. The van der Waals surface area contributed by atoms with Crippen molar-refractivity contribution in [3.8, 4) is 0 Å². The van der Waals surface area contributed by atoms with E-state index >= 15 is 0 Å². The Morgan fingerprint density at radius 2 is 2.17 bits per heavy atom. The van der Waals surface area contributed by atoms with Gasteiger partial charge in [0, 0.05) is 16.1 Å². The number of hydrogen-bond donors (Lipinski definition) is 0. The first-order chi connectivity index (χ1) is 8.72. The molecule has 1 heterocycles. The van der Waals surface area contributed by atoms with E-state index in [2.05, 4.69) is 46.9 Å². The second kappa shape index (κ2) is 6.52. The molecule has 0 radical (unpaired) electrons. The Labute approximate surface area is 121 Å². The summed E-state index contributed by atoms with van der Waals surface area (Å²) in [5, 5.41) is 0. The highest BCUT2D eigenvalue weighted by atomic mass is 127. The lowest BCUT2D eigenvalue weighted by Gasteiger charge is -2.30. The summed E-state index contributed by atoms with van der Waals surface area (Å²) < 4.78 is 11.9. The second-order valence-corrected chi connectivity index (χ2v) is 5.63. The summed E-state index contributed by atoms with van der Waals surface area (Å²) in [6, 6.07) is 8.28. The highest BCUT2D eigenvalue weighted by molar-refractivity contribution is 14.1. The summed E-state index contributed by atoms with van der Waals surface area (Å²) in [6.45, 7) is 3.53. The summed E-state index contributed by atoms with van der Waals surface area (Å²) in [6.07, 6.45) is 0.746. The molecule has 1 fully saturated rings. The molecule has 1 aromatic carbocycles. The summed E-state index contributed by atoms with van der Waals surface area (Å²) >= 11 is 2.28. The first-order valence-corrected chi connectivity index (χ1v) is 7.30. The van der Waals surface area contributed by atoms with Crippen molar-refractivity contribution in [3.63, 3.8) is 0 Å². The smallest absolute Gasteiger partial charge is 0.309 e. The van der Waals surface area contributed by atoms with Gasteiger partial charge >= 0.3 is 5.97 Å². The molecule has 2 rings (SSSR count). The van der Waals surface area contributed by atoms with Gasteiger partial charge in [0.05, 0.1) is 19.1 Å². The molecule has 0 aromatic heterocycles. The zero-order chi connectivity index (χ0) is 13.0. The second-order valence-electron chi connectivity index (χ2n) is 4.38. The van der Waals surface area contributed by atoms with Crippen molar-refractivity contribution in [2.75, 3.05) is 19.8 Å². The van der Waals surface area contributed by atoms with Crippen LogP contribution >= 0.6 is 22.6 Å². The number of carbonyl (C=O) groups is 1. The molecule has 0 N–H and O–H groups in total. The van der Waals surface area contributed by atoms with E-state index in [1.807, 2.05) is 6.92 Å². The number of hydrogen-bond acceptors (Lipinski definition) is 3. The Kier molecular flexibility index (Phi) is 5.00. The molecule has 1 aliphatic rings. The van der Waals surface area contributed by atoms with Crippen molar-refractivity contribution >= 4 is 28.6 Å². The molecule has 2 atom stereocenters. The summed E-state index contributed by atoms with van der Waals surface area (Å²) in [7, 11) is 0. The van der Waals surface area contributed by atoms with Gasteiger partial charge < -0.3 is 9.47 Å². The van der Waals surface area contributed by atoms with Gasteiger partial charge in [-0.1, -0.05) is 12.1 Å². The third-order valence-electron chi connectivity index (χ3n) is 3.24. The quantitative estimate of drug-likeness (QED) is 0.614. The van der Waals surface area contributed by atoms with Crippen LogP contribution in [-0.4, -0.2) is 25.8 Å². The number of benzene rings is 1. The predicted octanol–water partition coefficient (Wildman–Crippen LogP) is 2.97. The maximum atomic E-state index is 12.0. The summed E-state index contributed by atoms with van der Waals surface area (Å²) in [5.74, 6) is -0.0436. The first-order valence-electron chi connectivity index (χ1n) is 6.22. The lowest BCUT2D eigenvalue weighted by molar-refractivity contribution is -0.152. The van der Waals surface area contributed by atoms with Crippen LogP contribution in [0.1, 0.15) is 24.8 Å². The average Bonchev–Trinajstić information content (AvgIpc) is 2.40. The standard InChI is InChI=1S/C14H17IO3/c1-2-18-14(16)12-7-8-17-9-13(12)10-3-5-11(15)6-4-10/h3-6,12-13H,2,7-9H2,1H3/t12-,13+/m1/s1. The van der Waals surface area contributed by atoms with E-state index in [1.54, 1.807) is 0 Å². The molecule has 3 nitrogen and oxygen atoms in total. The lowest BCUT2D eigenvalue weighted by Crippen LogP contribution is -2.32. The van der Waals surface area contributed by atoms with Gasteiger partial charge in [-0.25, -0.2) is 0 Å². The molecular weight excluding hydrogens is 343 g/mol. The van der Waals surface area contributed by atoms with Crippen molar-refractivity contribution in [3.05, 3.63) is 33.4 Å². The molecule has 1 aliphatic heterocycles. The van der Waals surface area contributed by atoms with Gasteiger partial charge in [-0.3, -0.25) is 4.79 Å². The number of rotatable bonds is 3. The minimum Gasteiger partial charge on any atom is -0.466 e. The van der Waals surface area contributed by atoms with Crippen LogP contribution in [0.25, 0.3) is 0 Å². The van der Waals surface area contributed by atoms with Crippen LogP contribution in [0, 0.1) is 9.49 Å². The van der Waals surface area contributed by atoms with Crippen molar-refractivity contribution in [2.24, 2.45) is 5.92 Å². The summed E-state index contributed by atoms with van der Waals surface area (Å²) in [4.78, 5) is 12.0. The minimum atomic E-state index is -0.0932. The maximum absolute atomic E-state index is 12.0. The van der Waals surface area contributed by atoms with E-state index < -0.39 is 0 Å². The van der Waals surface area contributed by atoms with E-state index in [-0.39, 0.29) is 17.8 Å². The van der Waals surface area contributed by atoms with Crippen LogP contribution in [-0.2, 0) is 14.3 Å². The van der Waals surface area contributed by atoms with Gasteiger partial charge in [-0.2, -0.15) is 0 Å². The number of carbonyl (C=O) groups excluding carboxylic acids is 1. The molecule has 0 amide bonds. The molecule has 98 valence electrons. The fraction of sp³-hybridized carbons (Fsp3) is 0.500. The number of esters is 1. The van der Waals surface area contributed by atoms with Gasteiger partial charge in [-0.15, -0.1) is 0 Å². The van der Waals surface area contributed by atoms with Gasteiger partial charge in [0.25, 0.3) is 0 Å². The first kappa shape index (κ1) is 13.8. The van der Waals surface area contributed by atoms with Crippen LogP contribution in [0.5, 0.6) is 0 Å². The maximum Gasteiger partial charge on any atom is 0.309 e. The molecule has 0 unspecified atom stereocenters. The van der Waals surface area contributed by atoms with Crippen molar-refractivity contribution in [2.45, 2.75) is 19.3 Å². The summed E-state index contributed by atoms with van der Waals surface area (Å²) in [5.41, 5.74) is 1.16. The Morgan fingerprint density at radius 3 is 2.83 bits per heavy atom. The van der Waals surface area contributed by atoms with Gasteiger partial charge in [0.1, 0.15) is 0 Å². The molecule has 1 aromatic rings. The normalized spacial score (nSPS) is 23.7. The molecule has 0 spiro atoms. The Balaban J connectivity index is 2.17. The molecule has 0 aliphatic carbocycles. The van der Waals surface area contributed by atoms with Crippen molar-refractivity contribution < 1.29 is 14.3 Å². The fourth-order valence-electron chi connectivity index (χ4n) is 2.31. The molecular formula is C14H17IO3. The third-order valence-corrected chi connectivity index (χ3v) is 3.96. The molecule has 1 saturated heterocycles. The van der Waals surface area contributed by atoms with Gasteiger partial charge in [0.15, 0.2) is 0 Å². The Morgan fingerprint density at radius 1 is 1.44 bits per heavy atom. The highest BCUT2D eigenvalue weighted by Gasteiger charge is 2.33. The topological polar surface area (TPSA) is 35.5 Å². The SMILES string of the molecule is CCOC(=O)[C@@H]1CCOC[C@H]1c1ccc(I)cc1. The van der Waals surface area contributed by atoms with Crippen LogP contribution < -0.4 is 0 Å². The van der Waals surface area contributed by atoms with Crippen molar-refractivity contribution in [1.82, 2.24) is 0 Å². The lowest BCUT2D eigenvalue weighted by atomic mass is 9.83. The van der Waals surface area contributed by atoms with E-state index in [0.717, 1.165) is 12.0 Å². The Hall–Kier alpha value is -0.620. The highest BCUT2D eigenvalue weighted by Crippen LogP contribution is 2.32. The molecule has 0 saturated carbocycles. The van der Waals surface area contributed by atoms with Crippen molar-refractivity contribution in [1.29, 1.82) is 0 Å². The largest absolute Gasteiger partial charge is 0.466 e. The van der Waals surface area contributed by atoms with Gasteiger partial charge in [0.2, 0.25) is 0 Å². The van der Waals surface area contributed by atoms with E-state index in [9.17, 15) is 4.79 Å². The predicted molar refractivity (Wildman–Crippen MR) is 77.5 cm³/mol. The zero-order valence-corrected chi connectivity index (χ0v) is 12.6. The Bertz CT molecular complexity index is 402. The fourth-order valence-corrected chi connectivity index (χ4v) is 2.67. The van der Waals surface area contributed by atoms with Crippen LogP contribution in [0.4, 0.5) is 0 Å². The minimum absolute atomic E-state index is 0.0706. The zero-order valence-electron chi connectivity index (χ0n) is 10.4.